The van der Waals surface area contributed by atoms with Crippen LogP contribution in [0.4, 0.5) is 5.69 Å². The van der Waals surface area contributed by atoms with Crippen molar-refractivity contribution in [3.8, 4) is 0 Å². The van der Waals surface area contributed by atoms with E-state index in [1.807, 2.05) is 26.0 Å². The summed E-state index contributed by atoms with van der Waals surface area (Å²) in [6, 6.07) is 5.60. The molecule has 1 amide bonds. The summed E-state index contributed by atoms with van der Waals surface area (Å²) < 4.78 is 28.1. The van der Waals surface area contributed by atoms with E-state index in [1.54, 1.807) is 27.0 Å². The highest BCUT2D eigenvalue weighted by Crippen LogP contribution is 2.22. The monoisotopic (exact) mass is 364 g/mol. The molecule has 25 heavy (non-hydrogen) atoms. The molecule has 0 unspecified atom stereocenters. The number of hydrogen-bond donors (Lipinski definition) is 1. The van der Waals surface area contributed by atoms with Gasteiger partial charge in [-0.25, -0.2) is 8.42 Å². The van der Waals surface area contributed by atoms with Crippen LogP contribution < -0.4 is 5.32 Å². The zero-order valence-corrected chi connectivity index (χ0v) is 16.2. The van der Waals surface area contributed by atoms with Gasteiger partial charge in [0.25, 0.3) is 0 Å². The molecule has 0 aliphatic carbocycles. The summed E-state index contributed by atoms with van der Waals surface area (Å²) in [4.78, 5) is 12.5. The average molecular weight is 364 g/mol. The molecule has 1 heterocycles. The van der Waals surface area contributed by atoms with Crippen molar-refractivity contribution in [1.82, 2.24) is 14.1 Å². The fourth-order valence-corrected chi connectivity index (χ4v) is 4.17. The highest BCUT2D eigenvalue weighted by Gasteiger charge is 2.29. The molecule has 136 valence electrons. The first kappa shape index (κ1) is 19.1. The second-order valence-corrected chi connectivity index (χ2v) is 8.16. The Bertz CT molecular complexity index is 916. The molecular formula is C17H24N4O3S. The van der Waals surface area contributed by atoms with Gasteiger partial charge in [0.2, 0.25) is 15.9 Å². The van der Waals surface area contributed by atoms with Gasteiger partial charge in [-0.3, -0.25) is 9.48 Å². The van der Waals surface area contributed by atoms with Crippen LogP contribution in [0.15, 0.2) is 23.1 Å². The molecule has 0 bridgehead atoms. The molecule has 0 aliphatic heterocycles. The summed E-state index contributed by atoms with van der Waals surface area (Å²) >= 11 is 0. The first-order valence-corrected chi connectivity index (χ1v) is 9.32. The molecule has 1 N–H and O–H groups in total. The van der Waals surface area contributed by atoms with E-state index in [2.05, 4.69) is 10.4 Å². The minimum Gasteiger partial charge on any atom is -0.325 e. The van der Waals surface area contributed by atoms with Gasteiger partial charge >= 0.3 is 0 Å². The van der Waals surface area contributed by atoms with Crippen molar-refractivity contribution in [3.63, 3.8) is 0 Å². The van der Waals surface area contributed by atoms with Crippen molar-refractivity contribution in [2.45, 2.75) is 32.6 Å². The first-order valence-electron chi connectivity index (χ1n) is 7.88. The van der Waals surface area contributed by atoms with Gasteiger partial charge < -0.3 is 5.32 Å². The van der Waals surface area contributed by atoms with Crippen LogP contribution in [0.1, 0.15) is 22.5 Å². The number of aryl methyl sites for hydroxylation is 3. The van der Waals surface area contributed by atoms with Crippen LogP contribution in [-0.2, 0) is 21.9 Å². The van der Waals surface area contributed by atoms with Gasteiger partial charge in [-0.05, 0) is 44.9 Å². The lowest BCUT2D eigenvalue weighted by Gasteiger charge is -2.18. The maximum atomic E-state index is 12.8. The summed E-state index contributed by atoms with van der Waals surface area (Å²) in [7, 11) is -0.714. The fourth-order valence-electron chi connectivity index (χ4n) is 2.65. The van der Waals surface area contributed by atoms with Gasteiger partial charge in [-0.15, -0.1) is 0 Å². The Morgan fingerprint density at radius 1 is 1.24 bits per heavy atom. The number of likely N-dealkylation sites (N-methyl/N-ethyl adjacent to an activating group) is 1. The maximum Gasteiger partial charge on any atom is 0.246 e. The second-order valence-electron chi connectivity index (χ2n) is 6.18. The highest BCUT2D eigenvalue weighted by atomic mass is 32.2. The highest BCUT2D eigenvalue weighted by molar-refractivity contribution is 7.89. The van der Waals surface area contributed by atoms with Crippen molar-refractivity contribution in [1.29, 1.82) is 0 Å². The summed E-state index contributed by atoms with van der Waals surface area (Å²) in [6.07, 6.45) is 0. The summed E-state index contributed by atoms with van der Waals surface area (Å²) in [5.74, 6) is -0.390. The number of hydrogen-bond acceptors (Lipinski definition) is 4. The van der Waals surface area contributed by atoms with Gasteiger partial charge in [-0.2, -0.15) is 9.40 Å². The van der Waals surface area contributed by atoms with E-state index < -0.39 is 10.0 Å². The third-order valence-corrected chi connectivity index (χ3v) is 6.41. The largest absolute Gasteiger partial charge is 0.325 e. The van der Waals surface area contributed by atoms with E-state index >= 15 is 0 Å². The normalized spacial score (nSPS) is 11.8. The smallest absolute Gasteiger partial charge is 0.246 e. The second kappa shape index (κ2) is 6.97. The number of carbonyl (C=O) groups is 1. The third-order valence-electron chi connectivity index (χ3n) is 4.36. The molecule has 2 aromatic rings. The quantitative estimate of drug-likeness (QED) is 0.878. The number of aromatic nitrogens is 2. The molecule has 8 heteroatoms. The molecule has 0 aliphatic rings. The van der Waals surface area contributed by atoms with E-state index in [0.29, 0.717) is 17.1 Å². The van der Waals surface area contributed by atoms with Crippen molar-refractivity contribution < 1.29 is 13.2 Å². The molecule has 0 saturated carbocycles. The molecule has 2 rings (SSSR count). The minimum absolute atomic E-state index is 0.150. The zero-order valence-electron chi connectivity index (χ0n) is 15.4. The number of sulfonamides is 1. The first-order chi connectivity index (χ1) is 11.6. The molecule has 0 radical (unpaired) electrons. The van der Waals surface area contributed by atoms with Crippen molar-refractivity contribution in [2.24, 2.45) is 7.05 Å². The molecule has 0 fully saturated rings. The van der Waals surface area contributed by atoms with Gasteiger partial charge in [-0.1, -0.05) is 12.1 Å². The number of carbonyl (C=O) groups excluding carboxylic acids is 1. The van der Waals surface area contributed by atoms with Gasteiger partial charge in [0.1, 0.15) is 4.90 Å². The summed E-state index contributed by atoms with van der Waals surface area (Å²) in [5.41, 5.74) is 3.66. The average Bonchev–Trinajstić information content (AvgIpc) is 2.77. The van der Waals surface area contributed by atoms with Crippen molar-refractivity contribution >= 4 is 21.6 Å². The molecule has 1 aromatic heterocycles. The van der Waals surface area contributed by atoms with E-state index in [0.717, 1.165) is 15.4 Å². The predicted octanol–water partition coefficient (Wildman–Crippen LogP) is 1.91. The number of nitrogens with one attached hydrogen (secondary N) is 1. The molecule has 0 atom stereocenters. The number of benzene rings is 1. The van der Waals surface area contributed by atoms with Gasteiger partial charge in [0, 0.05) is 19.8 Å². The van der Waals surface area contributed by atoms with Crippen LogP contribution in [-0.4, -0.2) is 42.0 Å². The van der Waals surface area contributed by atoms with Gasteiger partial charge in [0.05, 0.1) is 17.9 Å². The Hall–Kier alpha value is -2.19. The molecule has 7 nitrogen and oxygen atoms in total. The Labute approximate surface area is 148 Å². The lowest BCUT2D eigenvalue weighted by Crippen LogP contribution is -2.35. The van der Waals surface area contributed by atoms with E-state index in [1.165, 1.54) is 11.7 Å². The minimum atomic E-state index is -3.80. The molecule has 0 spiro atoms. The van der Waals surface area contributed by atoms with Gasteiger partial charge in [0.15, 0.2) is 0 Å². The Morgan fingerprint density at radius 2 is 1.88 bits per heavy atom. The maximum absolute atomic E-state index is 12.8. The van der Waals surface area contributed by atoms with E-state index in [9.17, 15) is 13.2 Å². The van der Waals surface area contributed by atoms with Crippen LogP contribution >= 0.6 is 0 Å². The number of amides is 1. The third kappa shape index (κ3) is 3.74. The standard InChI is InChI=1S/C17H24N4O3S/c1-11-8-7-9-15(12(11)2)18-16(22)10-20(5)25(23,24)17-13(3)19-21(6)14(17)4/h7-9H,10H2,1-6H3,(H,18,22). The lowest BCUT2D eigenvalue weighted by molar-refractivity contribution is -0.116. The van der Waals surface area contributed by atoms with Crippen molar-refractivity contribution in [3.05, 3.63) is 40.7 Å². The Kier molecular flexibility index (Phi) is 5.34. The lowest BCUT2D eigenvalue weighted by atomic mass is 10.1. The number of nitrogens with zero attached hydrogens (tertiary/aromatic N) is 3. The van der Waals surface area contributed by atoms with Crippen LogP contribution in [0.3, 0.4) is 0 Å². The van der Waals surface area contributed by atoms with E-state index in [4.69, 9.17) is 0 Å². The van der Waals surface area contributed by atoms with Crippen LogP contribution in [0.5, 0.6) is 0 Å². The SMILES string of the molecule is Cc1cccc(NC(=O)CN(C)S(=O)(=O)c2c(C)nn(C)c2C)c1C. The fraction of sp³-hybridized carbons (Fsp3) is 0.412. The zero-order chi connectivity index (χ0) is 18.9. The Morgan fingerprint density at radius 3 is 2.44 bits per heavy atom. The molecule has 1 aromatic carbocycles. The van der Waals surface area contributed by atoms with Crippen LogP contribution in [0.2, 0.25) is 0 Å². The summed E-state index contributed by atoms with van der Waals surface area (Å²) in [5, 5.41) is 6.91. The predicted molar refractivity (Wildman–Crippen MR) is 97.0 cm³/mol. The molecule has 0 saturated heterocycles. The summed E-state index contributed by atoms with van der Waals surface area (Å²) in [6.45, 7) is 6.92. The number of rotatable bonds is 5. The number of anilines is 1. The Balaban J connectivity index is 2.19. The van der Waals surface area contributed by atoms with E-state index in [-0.39, 0.29) is 17.3 Å². The van der Waals surface area contributed by atoms with Crippen molar-refractivity contribution in [2.75, 3.05) is 18.9 Å². The van der Waals surface area contributed by atoms with Crippen LogP contribution in [0.25, 0.3) is 0 Å². The topological polar surface area (TPSA) is 84.3 Å². The molecular weight excluding hydrogens is 340 g/mol. The van der Waals surface area contributed by atoms with Crippen LogP contribution in [0, 0.1) is 27.7 Å².